The van der Waals surface area contributed by atoms with Crippen LogP contribution in [0.3, 0.4) is 0 Å². The van der Waals surface area contributed by atoms with Crippen molar-refractivity contribution in [2.45, 2.75) is 12.5 Å². The molecule has 96 valence electrons. The fourth-order valence-electron chi connectivity index (χ4n) is 1.94. The van der Waals surface area contributed by atoms with Crippen LogP contribution in [0.4, 0.5) is 11.4 Å². The number of anilines is 1. The van der Waals surface area contributed by atoms with Crippen LogP contribution in [-0.2, 0) is 0 Å². The largest absolute Gasteiger partial charge is 0.393 e. The lowest BCUT2D eigenvalue weighted by Crippen LogP contribution is -2.29. The summed E-state index contributed by atoms with van der Waals surface area (Å²) in [6, 6.07) is 3.97. The molecule has 18 heavy (non-hydrogen) atoms. The molecule has 0 bridgehead atoms. The average molecular weight is 251 g/mol. The zero-order valence-corrected chi connectivity index (χ0v) is 9.57. The predicted molar refractivity (Wildman–Crippen MR) is 64.0 cm³/mol. The molecule has 3 N–H and O–H groups in total. The Morgan fingerprint density at radius 3 is 2.83 bits per heavy atom. The summed E-state index contributed by atoms with van der Waals surface area (Å²) < 4.78 is 0. The van der Waals surface area contributed by atoms with E-state index in [1.807, 2.05) is 0 Å². The minimum Gasteiger partial charge on any atom is -0.393 e. The van der Waals surface area contributed by atoms with E-state index in [1.54, 1.807) is 0 Å². The number of benzene rings is 1. The van der Waals surface area contributed by atoms with Crippen molar-refractivity contribution >= 4 is 17.3 Å². The molecule has 1 saturated heterocycles. The lowest BCUT2D eigenvalue weighted by atomic mass is 10.1. The maximum Gasteiger partial charge on any atom is 0.292 e. The summed E-state index contributed by atoms with van der Waals surface area (Å²) in [6.45, 7) is 0.717. The van der Waals surface area contributed by atoms with E-state index in [0.29, 0.717) is 13.0 Å². The summed E-state index contributed by atoms with van der Waals surface area (Å²) >= 11 is 0. The van der Waals surface area contributed by atoms with Crippen LogP contribution in [0.15, 0.2) is 18.2 Å². The standard InChI is InChI=1S/C11H13N3O4/c12-9-2-1-7(5-10(9)14(17)18)11(16)13-4-3-8(15)6-13/h1-2,5,8,15H,3-4,6,12H2. The fourth-order valence-corrected chi connectivity index (χ4v) is 1.94. The number of amides is 1. The van der Waals surface area contributed by atoms with Gasteiger partial charge in [-0.25, -0.2) is 0 Å². The first kappa shape index (κ1) is 12.3. The van der Waals surface area contributed by atoms with E-state index in [1.165, 1.54) is 23.1 Å². The highest BCUT2D eigenvalue weighted by Gasteiger charge is 2.26. The maximum atomic E-state index is 12.0. The highest BCUT2D eigenvalue weighted by Crippen LogP contribution is 2.24. The minimum atomic E-state index is -0.620. The smallest absolute Gasteiger partial charge is 0.292 e. The Balaban J connectivity index is 2.26. The molecule has 1 fully saturated rings. The Morgan fingerprint density at radius 1 is 1.56 bits per heavy atom. The van der Waals surface area contributed by atoms with Crippen LogP contribution in [0.2, 0.25) is 0 Å². The number of aliphatic hydroxyl groups excluding tert-OH is 1. The van der Waals surface area contributed by atoms with E-state index in [-0.39, 0.29) is 29.4 Å². The van der Waals surface area contributed by atoms with Crippen molar-refractivity contribution in [1.29, 1.82) is 0 Å². The molecule has 1 unspecified atom stereocenters. The molecule has 7 heteroatoms. The number of aliphatic hydroxyl groups is 1. The Hall–Kier alpha value is -2.15. The zero-order valence-electron chi connectivity index (χ0n) is 9.57. The normalized spacial score (nSPS) is 18.9. The number of hydrogen-bond acceptors (Lipinski definition) is 5. The van der Waals surface area contributed by atoms with Gasteiger partial charge in [-0.05, 0) is 18.6 Å². The Bertz CT molecular complexity index is 503. The molecule has 0 aromatic heterocycles. The molecule has 2 rings (SSSR count). The molecule has 0 aliphatic carbocycles. The minimum absolute atomic E-state index is 0.0259. The number of likely N-dealkylation sites (tertiary alicyclic amines) is 1. The third kappa shape index (κ3) is 2.25. The van der Waals surface area contributed by atoms with Crippen LogP contribution in [0.5, 0.6) is 0 Å². The number of β-amino-alcohol motifs (C(OH)–C–C–N with tert-alkyl or cyclic N) is 1. The predicted octanol–water partition coefficient (Wildman–Crippen LogP) is 0.384. The van der Waals surface area contributed by atoms with Gasteiger partial charge in [-0.15, -0.1) is 0 Å². The lowest BCUT2D eigenvalue weighted by Gasteiger charge is -2.15. The second-order valence-electron chi connectivity index (χ2n) is 4.22. The number of nitro benzene ring substituents is 1. The number of nitrogens with two attached hydrogens (primary N) is 1. The van der Waals surface area contributed by atoms with Gasteiger partial charge in [-0.3, -0.25) is 14.9 Å². The van der Waals surface area contributed by atoms with Gasteiger partial charge in [0.05, 0.1) is 11.0 Å². The van der Waals surface area contributed by atoms with Gasteiger partial charge in [0.1, 0.15) is 5.69 Å². The number of nitrogens with zero attached hydrogens (tertiary/aromatic N) is 2. The maximum absolute atomic E-state index is 12.0. The monoisotopic (exact) mass is 251 g/mol. The quantitative estimate of drug-likeness (QED) is 0.448. The van der Waals surface area contributed by atoms with E-state index in [0.717, 1.165) is 0 Å². The summed E-state index contributed by atoms with van der Waals surface area (Å²) in [5, 5.41) is 20.1. The Kier molecular flexibility index (Phi) is 3.15. The van der Waals surface area contributed by atoms with E-state index >= 15 is 0 Å². The zero-order chi connectivity index (χ0) is 13.3. The molecule has 1 aliphatic heterocycles. The molecule has 0 radical (unpaired) electrons. The highest BCUT2D eigenvalue weighted by molar-refractivity contribution is 5.95. The Morgan fingerprint density at radius 2 is 2.28 bits per heavy atom. The summed E-state index contributed by atoms with van der Waals surface area (Å²) in [7, 11) is 0. The number of nitrogen functional groups attached to an aromatic ring is 1. The number of hydrogen-bond donors (Lipinski definition) is 2. The van der Waals surface area contributed by atoms with E-state index < -0.39 is 11.0 Å². The highest BCUT2D eigenvalue weighted by atomic mass is 16.6. The van der Waals surface area contributed by atoms with Gasteiger partial charge in [0, 0.05) is 24.7 Å². The van der Waals surface area contributed by atoms with Gasteiger partial charge < -0.3 is 15.7 Å². The van der Waals surface area contributed by atoms with Crippen molar-refractivity contribution in [3.8, 4) is 0 Å². The van der Waals surface area contributed by atoms with Crippen molar-refractivity contribution in [2.24, 2.45) is 0 Å². The summed E-state index contributed by atoms with van der Waals surface area (Å²) in [4.78, 5) is 23.6. The first-order chi connectivity index (χ1) is 8.49. The molecule has 1 atom stereocenters. The first-order valence-corrected chi connectivity index (χ1v) is 5.50. The lowest BCUT2D eigenvalue weighted by molar-refractivity contribution is -0.383. The molecule has 1 amide bonds. The number of nitro groups is 1. The molecule has 7 nitrogen and oxygen atoms in total. The molecule has 1 heterocycles. The fraction of sp³-hybridized carbons (Fsp3) is 0.364. The SMILES string of the molecule is Nc1ccc(C(=O)N2CCC(O)C2)cc1[N+](=O)[O-]. The third-order valence-corrected chi connectivity index (χ3v) is 2.92. The Labute approximate surface area is 103 Å². The van der Waals surface area contributed by atoms with Gasteiger partial charge in [0.15, 0.2) is 0 Å². The van der Waals surface area contributed by atoms with Crippen LogP contribution in [0.25, 0.3) is 0 Å². The van der Waals surface area contributed by atoms with Gasteiger partial charge in [0.2, 0.25) is 0 Å². The number of carbonyl (C=O) groups is 1. The molecule has 1 aliphatic rings. The summed E-state index contributed by atoms with van der Waals surface area (Å²) in [6.07, 6.45) is 0.0146. The first-order valence-electron chi connectivity index (χ1n) is 5.50. The second-order valence-corrected chi connectivity index (χ2v) is 4.22. The molecular weight excluding hydrogens is 238 g/mol. The molecule has 1 aromatic carbocycles. The molecule has 1 aromatic rings. The van der Waals surface area contributed by atoms with Crippen LogP contribution in [-0.4, -0.2) is 40.0 Å². The molecule has 0 saturated carbocycles. The van der Waals surface area contributed by atoms with Crippen molar-refractivity contribution in [3.63, 3.8) is 0 Å². The van der Waals surface area contributed by atoms with Crippen molar-refractivity contribution in [2.75, 3.05) is 18.8 Å². The molecular formula is C11H13N3O4. The second kappa shape index (κ2) is 4.61. The summed E-state index contributed by atoms with van der Waals surface area (Å²) in [5.41, 5.74) is 5.42. The van der Waals surface area contributed by atoms with Gasteiger partial charge in [0.25, 0.3) is 11.6 Å². The van der Waals surface area contributed by atoms with E-state index in [2.05, 4.69) is 0 Å². The van der Waals surface area contributed by atoms with Crippen LogP contribution in [0, 0.1) is 10.1 Å². The number of carbonyl (C=O) groups excluding carboxylic acids is 1. The van der Waals surface area contributed by atoms with Crippen LogP contribution >= 0.6 is 0 Å². The van der Waals surface area contributed by atoms with E-state index in [9.17, 15) is 20.0 Å². The van der Waals surface area contributed by atoms with Gasteiger partial charge in [-0.1, -0.05) is 0 Å². The molecule has 0 spiro atoms. The average Bonchev–Trinajstić information content (AvgIpc) is 2.75. The van der Waals surface area contributed by atoms with Crippen molar-refractivity contribution in [3.05, 3.63) is 33.9 Å². The van der Waals surface area contributed by atoms with Crippen molar-refractivity contribution < 1.29 is 14.8 Å². The third-order valence-electron chi connectivity index (χ3n) is 2.92. The van der Waals surface area contributed by atoms with E-state index in [4.69, 9.17) is 5.73 Å². The van der Waals surface area contributed by atoms with Crippen LogP contribution < -0.4 is 5.73 Å². The topological polar surface area (TPSA) is 110 Å². The van der Waals surface area contributed by atoms with Gasteiger partial charge >= 0.3 is 0 Å². The van der Waals surface area contributed by atoms with Gasteiger partial charge in [-0.2, -0.15) is 0 Å². The number of rotatable bonds is 2. The summed E-state index contributed by atoms with van der Waals surface area (Å²) in [5.74, 6) is -0.324. The van der Waals surface area contributed by atoms with Crippen LogP contribution in [0.1, 0.15) is 16.8 Å². The van der Waals surface area contributed by atoms with Crippen molar-refractivity contribution in [1.82, 2.24) is 4.90 Å².